The lowest BCUT2D eigenvalue weighted by molar-refractivity contribution is -0.174. The van der Waals surface area contributed by atoms with E-state index in [1.807, 2.05) is 0 Å². The van der Waals surface area contributed by atoms with Crippen LogP contribution in [0.5, 0.6) is 0 Å². The molecule has 3 unspecified atom stereocenters. The second-order valence-electron chi connectivity index (χ2n) is 5.88. The standard InChI is InChI=1S/C16H19F2N3O8/c1-4-26-15(25)20-11-5-6-21(14(24)19-11)13-16(17,18)12(28-9(3)23)10(29-13)7-27-8(2)22/h5-6,10,12-13H,4,7H2,1-3H3,(H,19,20,24,25). The van der Waals surface area contributed by atoms with Crippen LogP contribution in [-0.2, 0) is 28.5 Å². The summed E-state index contributed by atoms with van der Waals surface area (Å²) in [5, 5.41) is 2.16. The molecule has 1 aliphatic rings. The SMILES string of the molecule is CCOC(=O)Nc1ccn(C2OC(COC(C)=O)C(OC(C)=O)C2(F)F)c(=O)n1. The topological polar surface area (TPSA) is 135 Å². The van der Waals surface area contributed by atoms with Gasteiger partial charge in [0, 0.05) is 20.0 Å². The highest BCUT2D eigenvalue weighted by Crippen LogP contribution is 2.44. The average Bonchev–Trinajstić information content (AvgIpc) is 2.84. The maximum Gasteiger partial charge on any atom is 0.412 e. The van der Waals surface area contributed by atoms with Gasteiger partial charge in [0.1, 0.15) is 18.5 Å². The van der Waals surface area contributed by atoms with Crippen LogP contribution in [0.15, 0.2) is 17.1 Å². The summed E-state index contributed by atoms with van der Waals surface area (Å²) in [6, 6.07) is 1.08. The fourth-order valence-electron chi connectivity index (χ4n) is 2.56. The maximum atomic E-state index is 14.9. The predicted molar refractivity (Wildman–Crippen MR) is 90.2 cm³/mol. The van der Waals surface area contributed by atoms with Crippen LogP contribution in [0.1, 0.15) is 27.0 Å². The highest BCUT2D eigenvalue weighted by atomic mass is 19.3. The number of carbonyl (C=O) groups is 3. The van der Waals surface area contributed by atoms with Gasteiger partial charge < -0.3 is 18.9 Å². The third-order valence-electron chi connectivity index (χ3n) is 3.68. The van der Waals surface area contributed by atoms with Crippen molar-refractivity contribution >= 4 is 23.8 Å². The zero-order valence-electron chi connectivity index (χ0n) is 15.7. The summed E-state index contributed by atoms with van der Waals surface area (Å²) in [4.78, 5) is 49.3. The molecule has 11 nitrogen and oxygen atoms in total. The van der Waals surface area contributed by atoms with Crippen LogP contribution in [0.4, 0.5) is 19.4 Å². The summed E-state index contributed by atoms with van der Waals surface area (Å²) in [6.45, 7) is 3.01. The van der Waals surface area contributed by atoms with Gasteiger partial charge >= 0.3 is 29.6 Å². The summed E-state index contributed by atoms with van der Waals surface area (Å²) < 4.78 is 49.3. The number of esters is 2. The van der Waals surface area contributed by atoms with Crippen LogP contribution in [0.2, 0.25) is 0 Å². The molecule has 2 heterocycles. The van der Waals surface area contributed by atoms with E-state index < -0.39 is 54.7 Å². The van der Waals surface area contributed by atoms with E-state index in [9.17, 15) is 28.0 Å². The second-order valence-corrected chi connectivity index (χ2v) is 5.88. The van der Waals surface area contributed by atoms with Gasteiger partial charge in [-0.05, 0) is 13.0 Å². The number of alkyl halides is 2. The van der Waals surface area contributed by atoms with Crippen molar-refractivity contribution in [2.75, 3.05) is 18.5 Å². The Morgan fingerprint density at radius 1 is 1.28 bits per heavy atom. The Kier molecular flexibility index (Phi) is 6.84. The highest BCUT2D eigenvalue weighted by molar-refractivity contribution is 5.83. The molecule has 0 radical (unpaired) electrons. The third-order valence-corrected chi connectivity index (χ3v) is 3.68. The maximum absolute atomic E-state index is 14.9. The Balaban J connectivity index is 2.30. The van der Waals surface area contributed by atoms with Gasteiger partial charge in [-0.2, -0.15) is 13.8 Å². The zero-order chi connectivity index (χ0) is 21.8. The monoisotopic (exact) mass is 419 g/mol. The van der Waals surface area contributed by atoms with Crippen molar-refractivity contribution in [3.8, 4) is 0 Å². The molecule has 0 spiro atoms. The van der Waals surface area contributed by atoms with E-state index >= 15 is 0 Å². The number of halogens is 2. The molecule has 160 valence electrons. The van der Waals surface area contributed by atoms with E-state index in [2.05, 4.69) is 24.5 Å². The van der Waals surface area contributed by atoms with Crippen molar-refractivity contribution in [3.63, 3.8) is 0 Å². The Hall–Kier alpha value is -3.09. The van der Waals surface area contributed by atoms with Gasteiger partial charge in [0.05, 0.1) is 6.61 Å². The number of nitrogens with one attached hydrogen (secondary N) is 1. The Labute approximate surface area is 162 Å². The lowest BCUT2D eigenvalue weighted by Gasteiger charge is -2.23. The number of hydrogen-bond acceptors (Lipinski definition) is 9. The number of ether oxygens (including phenoxy) is 4. The van der Waals surface area contributed by atoms with Crippen LogP contribution in [0, 0.1) is 0 Å². The first-order chi connectivity index (χ1) is 13.6. The van der Waals surface area contributed by atoms with Gasteiger partial charge in [0.25, 0.3) is 0 Å². The fraction of sp³-hybridized carbons (Fsp3) is 0.562. The Morgan fingerprint density at radius 2 is 1.97 bits per heavy atom. The number of rotatable bonds is 6. The fourth-order valence-corrected chi connectivity index (χ4v) is 2.56. The van der Waals surface area contributed by atoms with Gasteiger partial charge in [-0.3, -0.25) is 19.5 Å². The minimum atomic E-state index is -3.85. The van der Waals surface area contributed by atoms with Crippen LogP contribution in [-0.4, -0.2) is 58.9 Å². The minimum Gasteiger partial charge on any atom is -0.463 e. The van der Waals surface area contributed by atoms with Gasteiger partial charge in [-0.25, -0.2) is 9.59 Å². The molecule has 1 fully saturated rings. The Bertz CT molecular complexity index is 844. The first-order valence-corrected chi connectivity index (χ1v) is 8.43. The molecule has 1 aliphatic heterocycles. The molecule has 0 aliphatic carbocycles. The number of hydrogen-bond donors (Lipinski definition) is 1. The van der Waals surface area contributed by atoms with E-state index in [-0.39, 0.29) is 12.4 Å². The minimum absolute atomic E-state index is 0.0757. The molecule has 29 heavy (non-hydrogen) atoms. The van der Waals surface area contributed by atoms with Gasteiger partial charge in [0.2, 0.25) is 6.23 Å². The van der Waals surface area contributed by atoms with E-state index in [1.54, 1.807) is 6.92 Å². The largest absolute Gasteiger partial charge is 0.463 e. The van der Waals surface area contributed by atoms with Gasteiger partial charge in [-0.15, -0.1) is 0 Å². The number of carbonyl (C=O) groups excluding carboxylic acids is 3. The van der Waals surface area contributed by atoms with Gasteiger partial charge in [-0.1, -0.05) is 0 Å². The first-order valence-electron chi connectivity index (χ1n) is 8.43. The number of nitrogens with zero attached hydrogens (tertiary/aromatic N) is 2. The molecule has 3 atom stereocenters. The van der Waals surface area contributed by atoms with Crippen LogP contribution in [0.3, 0.4) is 0 Å². The summed E-state index contributed by atoms with van der Waals surface area (Å²) in [7, 11) is 0. The van der Waals surface area contributed by atoms with Crippen LogP contribution >= 0.6 is 0 Å². The van der Waals surface area contributed by atoms with Gasteiger partial charge in [0.15, 0.2) is 6.10 Å². The lowest BCUT2D eigenvalue weighted by Crippen LogP contribution is -2.44. The van der Waals surface area contributed by atoms with Crippen molar-refractivity contribution in [2.45, 2.75) is 45.1 Å². The molecule has 1 aromatic rings. The van der Waals surface area contributed by atoms with E-state index in [1.165, 1.54) is 0 Å². The number of anilines is 1. The Morgan fingerprint density at radius 3 is 2.52 bits per heavy atom. The molecule has 13 heteroatoms. The molecular weight excluding hydrogens is 400 g/mol. The summed E-state index contributed by atoms with van der Waals surface area (Å²) in [6.07, 6.45) is -5.77. The van der Waals surface area contributed by atoms with Crippen molar-refractivity contribution in [1.82, 2.24) is 9.55 Å². The third kappa shape index (κ3) is 5.25. The molecular formula is C16H19F2N3O8. The van der Waals surface area contributed by atoms with Crippen LogP contribution < -0.4 is 11.0 Å². The molecule has 1 saturated heterocycles. The normalized spacial score (nSPS) is 22.6. The molecule has 2 rings (SSSR count). The zero-order valence-corrected chi connectivity index (χ0v) is 15.7. The van der Waals surface area contributed by atoms with Crippen molar-refractivity contribution < 1.29 is 42.1 Å². The number of aromatic nitrogens is 2. The number of amides is 1. The van der Waals surface area contributed by atoms with E-state index in [0.29, 0.717) is 4.57 Å². The first kappa shape index (κ1) is 22.2. The van der Waals surface area contributed by atoms with Crippen molar-refractivity contribution in [2.24, 2.45) is 0 Å². The highest BCUT2D eigenvalue weighted by Gasteiger charge is 2.62. The smallest absolute Gasteiger partial charge is 0.412 e. The van der Waals surface area contributed by atoms with Crippen molar-refractivity contribution in [1.29, 1.82) is 0 Å². The van der Waals surface area contributed by atoms with Crippen LogP contribution in [0.25, 0.3) is 0 Å². The summed E-state index contributed by atoms with van der Waals surface area (Å²) in [5.74, 6) is -5.83. The average molecular weight is 419 g/mol. The summed E-state index contributed by atoms with van der Waals surface area (Å²) >= 11 is 0. The molecule has 1 amide bonds. The molecule has 0 aromatic carbocycles. The van der Waals surface area contributed by atoms with E-state index in [0.717, 1.165) is 26.1 Å². The second kappa shape index (κ2) is 8.94. The quantitative estimate of drug-likeness (QED) is 0.525. The summed E-state index contributed by atoms with van der Waals surface area (Å²) in [5.41, 5.74) is -1.17. The predicted octanol–water partition coefficient (Wildman–Crippen LogP) is 0.839. The molecule has 0 bridgehead atoms. The van der Waals surface area contributed by atoms with E-state index in [4.69, 9.17) is 4.74 Å². The molecule has 1 aromatic heterocycles. The molecule has 1 N–H and O–H groups in total. The van der Waals surface area contributed by atoms with Crippen molar-refractivity contribution in [3.05, 3.63) is 22.7 Å². The molecule has 0 saturated carbocycles. The lowest BCUT2D eigenvalue weighted by atomic mass is 10.1.